The average Bonchev–Trinajstić information content (AvgIpc) is 3.44. The number of carboxylic acid groups (broad SMARTS) is 1. The summed E-state index contributed by atoms with van der Waals surface area (Å²) in [7, 11) is 1.58. The summed E-state index contributed by atoms with van der Waals surface area (Å²) >= 11 is 0. The summed E-state index contributed by atoms with van der Waals surface area (Å²) in [6.45, 7) is -0.102. The minimum absolute atomic E-state index is 0.0673. The molecule has 2 aromatic rings. The van der Waals surface area contributed by atoms with Crippen LogP contribution in [0.2, 0.25) is 0 Å². The van der Waals surface area contributed by atoms with Crippen LogP contribution in [0.4, 0.5) is 0 Å². The molecule has 2 aliphatic rings. The molecule has 0 spiro atoms. The van der Waals surface area contributed by atoms with Gasteiger partial charge in [-0.05, 0) is 55.0 Å². The molecular weight excluding hydrogens is 424 g/mol. The lowest BCUT2D eigenvalue weighted by atomic mass is 10.0. The van der Waals surface area contributed by atoms with E-state index in [0.717, 1.165) is 36.8 Å². The van der Waals surface area contributed by atoms with E-state index in [-0.39, 0.29) is 18.4 Å². The summed E-state index contributed by atoms with van der Waals surface area (Å²) in [5, 5.41) is 11.3. The van der Waals surface area contributed by atoms with Crippen molar-refractivity contribution in [2.45, 2.75) is 50.8 Å². The van der Waals surface area contributed by atoms with Crippen LogP contribution in [0.1, 0.15) is 59.6 Å². The molecule has 1 fully saturated rings. The van der Waals surface area contributed by atoms with Crippen LogP contribution in [0.25, 0.3) is 0 Å². The fourth-order valence-electron chi connectivity index (χ4n) is 4.54. The van der Waals surface area contributed by atoms with E-state index >= 15 is 0 Å². The van der Waals surface area contributed by atoms with Crippen molar-refractivity contribution in [1.29, 1.82) is 0 Å². The number of amides is 2. The predicted octanol–water partition coefficient (Wildman–Crippen LogP) is 3.30. The van der Waals surface area contributed by atoms with E-state index in [0.29, 0.717) is 23.6 Å². The largest absolute Gasteiger partial charge is 0.493 e. The third-order valence-electron chi connectivity index (χ3n) is 6.21. The highest BCUT2D eigenvalue weighted by Gasteiger charge is 2.35. The Morgan fingerprint density at radius 3 is 2.61 bits per heavy atom. The van der Waals surface area contributed by atoms with E-state index in [4.69, 9.17) is 14.6 Å². The van der Waals surface area contributed by atoms with Crippen molar-refractivity contribution < 1.29 is 29.0 Å². The van der Waals surface area contributed by atoms with E-state index in [1.165, 1.54) is 0 Å². The van der Waals surface area contributed by atoms with Gasteiger partial charge in [-0.3, -0.25) is 14.4 Å². The molecule has 0 saturated heterocycles. The number of methoxy groups -OCH3 is 1. The van der Waals surface area contributed by atoms with Gasteiger partial charge in [0.25, 0.3) is 5.91 Å². The summed E-state index contributed by atoms with van der Waals surface area (Å²) in [6.07, 6.45) is 4.26. The molecule has 0 radical (unpaired) electrons. The zero-order valence-corrected chi connectivity index (χ0v) is 18.6. The van der Waals surface area contributed by atoms with Gasteiger partial charge in [0.2, 0.25) is 5.91 Å². The Bertz CT molecular complexity index is 1050. The van der Waals surface area contributed by atoms with Gasteiger partial charge in [-0.2, -0.15) is 0 Å². The maximum absolute atomic E-state index is 13.2. The number of hydrogen-bond donors (Lipinski definition) is 2. The lowest BCUT2D eigenvalue weighted by Crippen LogP contribution is -2.36. The number of carbonyl (C=O) groups excluding carboxylic acids is 2. The highest BCUT2D eigenvalue weighted by atomic mass is 16.5. The van der Waals surface area contributed by atoms with Crippen LogP contribution >= 0.6 is 0 Å². The summed E-state index contributed by atoms with van der Waals surface area (Å²) in [5.41, 5.74) is 2.24. The van der Waals surface area contributed by atoms with E-state index < -0.39 is 24.5 Å². The Kier molecular flexibility index (Phi) is 6.82. The molecule has 1 atom stereocenters. The number of ether oxygens (including phenoxy) is 2. The molecule has 33 heavy (non-hydrogen) atoms. The highest BCUT2D eigenvalue weighted by Crippen LogP contribution is 2.38. The number of carbonyl (C=O) groups is 3. The Hall–Kier alpha value is -3.55. The minimum Gasteiger partial charge on any atom is -0.493 e. The van der Waals surface area contributed by atoms with Crippen molar-refractivity contribution in [3.63, 3.8) is 0 Å². The number of hydrogen-bond acceptors (Lipinski definition) is 5. The van der Waals surface area contributed by atoms with Crippen molar-refractivity contribution in [2.75, 3.05) is 13.7 Å². The number of nitrogens with one attached hydrogen (secondary N) is 1. The topological polar surface area (TPSA) is 105 Å². The Morgan fingerprint density at radius 2 is 1.91 bits per heavy atom. The molecule has 174 valence electrons. The van der Waals surface area contributed by atoms with E-state index in [2.05, 4.69) is 5.32 Å². The standard InChI is InChI=1S/C25H28N2O6/c1-32-21-11-10-16(12-22(21)33-18-7-3-4-8-18)20(13-23(28)26-14-24(29)30)27-15-17-6-2-5-9-19(17)25(27)31/h2,5-6,9-12,18,20H,3-4,7-8,13-15H2,1H3,(H,26,28)(H,29,30). The van der Waals surface area contributed by atoms with Gasteiger partial charge in [-0.1, -0.05) is 24.3 Å². The molecule has 2 amide bonds. The fraction of sp³-hybridized carbons (Fsp3) is 0.400. The molecule has 0 bridgehead atoms. The second-order valence-electron chi connectivity index (χ2n) is 8.42. The van der Waals surface area contributed by atoms with E-state index in [1.54, 1.807) is 24.1 Å². The number of nitrogens with zero attached hydrogens (tertiary/aromatic N) is 1. The maximum atomic E-state index is 13.2. The molecule has 1 aliphatic carbocycles. The van der Waals surface area contributed by atoms with Crippen LogP contribution in [-0.2, 0) is 16.1 Å². The first-order valence-corrected chi connectivity index (χ1v) is 11.2. The van der Waals surface area contributed by atoms with Crippen molar-refractivity contribution in [2.24, 2.45) is 0 Å². The van der Waals surface area contributed by atoms with Crippen LogP contribution in [0.5, 0.6) is 11.5 Å². The van der Waals surface area contributed by atoms with Gasteiger partial charge in [-0.15, -0.1) is 0 Å². The molecule has 2 N–H and O–H groups in total. The van der Waals surface area contributed by atoms with Gasteiger partial charge in [0, 0.05) is 12.1 Å². The van der Waals surface area contributed by atoms with Crippen LogP contribution in [0, 0.1) is 0 Å². The summed E-state index contributed by atoms with van der Waals surface area (Å²) in [5.74, 6) is -0.546. The van der Waals surface area contributed by atoms with Gasteiger partial charge in [0.15, 0.2) is 11.5 Å². The first-order chi connectivity index (χ1) is 16.0. The van der Waals surface area contributed by atoms with E-state index in [1.807, 2.05) is 30.3 Å². The van der Waals surface area contributed by atoms with Crippen molar-refractivity contribution in [3.8, 4) is 11.5 Å². The normalized spacial score (nSPS) is 16.4. The smallest absolute Gasteiger partial charge is 0.322 e. The van der Waals surface area contributed by atoms with Gasteiger partial charge in [-0.25, -0.2) is 0 Å². The molecule has 0 aromatic heterocycles. The molecule has 8 heteroatoms. The molecule has 1 unspecified atom stereocenters. The van der Waals surface area contributed by atoms with Gasteiger partial charge in [0.1, 0.15) is 6.54 Å². The number of rotatable bonds is 9. The number of aliphatic carboxylic acids is 1. The first-order valence-electron chi connectivity index (χ1n) is 11.2. The molecule has 4 rings (SSSR count). The highest BCUT2D eigenvalue weighted by molar-refractivity contribution is 5.99. The lowest BCUT2D eigenvalue weighted by molar-refractivity contribution is -0.138. The monoisotopic (exact) mass is 452 g/mol. The second kappa shape index (κ2) is 9.94. The first kappa shape index (κ1) is 22.6. The van der Waals surface area contributed by atoms with Gasteiger partial charge >= 0.3 is 5.97 Å². The number of fused-ring (bicyclic) bond motifs is 1. The van der Waals surface area contributed by atoms with Crippen molar-refractivity contribution >= 4 is 17.8 Å². The summed E-state index contributed by atoms with van der Waals surface area (Å²) in [4.78, 5) is 38.3. The summed E-state index contributed by atoms with van der Waals surface area (Å²) in [6, 6.07) is 12.2. The van der Waals surface area contributed by atoms with Crippen LogP contribution in [-0.4, -0.2) is 47.5 Å². The Balaban J connectivity index is 1.64. The minimum atomic E-state index is -1.12. The average molecular weight is 453 g/mol. The predicted molar refractivity (Wildman–Crippen MR) is 120 cm³/mol. The summed E-state index contributed by atoms with van der Waals surface area (Å²) < 4.78 is 11.7. The Morgan fingerprint density at radius 1 is 1.15 bits per heavy atom. The van der Waals surface area contributed by atoms with Crippen LogP contribution < -0.4 is 14.8 Å². The molecular formula is C25H28N2O6. The van der Waals surface area contributed by atoms with Gasteiger partial charge < -0.3 is 24.8 Å². The number of benzene rings is 2. The SMILES string of the molecule is COc1ccc(C(CC(=O)NCC(=O)O)N2Cc3ccccc3C2=O)cc1OC1CCCC1. The third-order valence-corrected chi connectivity index (χ3v) is 6.21. The second-order valence-corrected chi connectivity index (χ2v) is 8.42. The molecule has 8 nitrogen and oxygen atoms in total. The molecule has 1 heterocycles. The van der Waals surface area contributed by atoms with Gasteiger partial charge in [0.05, 0.1) is 25.7 Å². The zero-order chi connectivity index (χ0) is 23.4. The van der Waals surface area contributed by atoms with E-state index in [9.17, 15) is 14.4 Å². The lowest BCUT2D eigenvalue weighted by Gasteiger charge is -2.29. The molecule has 1 saturated carbocycles. The quantitative estimate of drug-likeness (QED) is 0.605. The number of carboxylic acids is 1. The molecule has 1 aliphatic heterocycles. The molecule has 2 aromatic carbocycles. The maximum Gasteiger partial charge on any atom is 0.322 e. The zero-order valence-electron chi connectivity index (χ0n) is 18.6. The van der Waals surface area contributed by atoms with Crippen LogP contribution in [0.3, 0.4) is 0 Å². The fourth-order valence-corrected chi connectivity index (χ4v) is 4.54. The van der Waals surface area contributed by atoms with Crippen LogP contribution in [0.15, 0.2) is 42.5 Å². The van der Waals surface area contributed by atoms with Crippen molar-refractivity contribution in [1.82, 2.24) is 10.2 Å². The third kappa shape index (κ3) is 5.10. The Labute approximate surface area is 192 Å². The van der Waals surface area contributed by atoms with Crippen molar-refractivity contribution in [3.05, 3.63) is 59.2 Å².